The van der Waals surface area contributed by atoms with Crippen molar-refractivity contribution in [2.75, 3.05) is 24.5 Å². The fourth-order valence-electron chi connectivity index (χ4n) is 2.66. The predicted octanol–water partition coefficient (Wildman–Crippen LogP) is 1.31. The third kappa shape index (κ3) is 2.20. The second kappa shape index (κ2) is 5.08. The molecule has 7 nitrogen and oxygen atoms in total. The highest BCUT2D eigenvalue weighted by molar-refractivity contribution is 6.05. The fraction of sp³-hybridized carbons (Fsp3) is 0.357. The summed E-state index contributed by atoms with van der Waals surface area (Å²) in [5.41, 5.74) is 6.98. The van der Waals surface area contributed by atoms with Crippen molar-refractivity contribution in [2.24, 2.45) is 5.73 Å². The molecule has 1 aliphatic rings. The number of carbonyl (C=O) groups excluding carboxylic acids is 2. The summed E-state index contributed by atoms with van der Waals surface area (Å²) < 4.78 is 0. The van der Waals surface area contributed by atoms with Crippen LogP contribution in [-0.4, -0.2) is 46.7 Å². The number of amides is 3. The summed E-state index contributed by atoms with van der Waals surface area (Å²) in [5.74, 6) is -0.569. The number of H-pyrrole nitrogens is 1. The lowest BCUT2D eigenvalue weighted by atomic mass is 10.2. The normalized spacial score (nSPS) is 15.2. The Kier molecular flexibility index (Phi) is 3.25. The van der Waals surface area contributed by atoms with Crippen molar-refractivity contribution >= 4 is 28.5 Å². The molecule has 0 saturated carbocycles. The maximum atomic E-state index is 12.3. The molecule has 0 unspecified atom stereocenters. The molecule has 2 heterocycles. The maximum Gasteiger partial charge on any atom is 0.324 e. The minimum atomic E-state index is -0.569. The molecule has 0 aliphatic carbocycles. The van der Waals surface area contributed by atoms with Crippen molar-refractivity contribution in [1.82, 2.24) is 15.1 Å². The van der Waals surface area contributed by atoms with Crippen molar-refractivity contribution in [3.63, 3.8) is 0 Å². The topological polar surface area (TPSA) is 95.3 Å². The molecule has 0 spiro atoms. The van der Waals surface area contributed by atoms with Gasteiger partial charge in [0, 0.05) is 30.7 Å². The van der Waals surface area contributed by atoms with Crippen LogP contribution in [0.15, 0.2) is 18.2 Å². The first-order valence-corrected chi connectivity index (χ1v) is 6.96. The quantitative estimate of drug-likeness (QED) is 0.887. The van der Waals surface area contributed by atoms with E-state index in [1.165, 1.54) is 0 Å². The lowest BCUT2D eigenvalue weighted by molar-refractivity contribution is 0.0997. The van der Waals surface area contributed by atoms with Crippen molar-refractivity contribution in [3.8, 4) is 0 Å². The minimum absolute atomic E-state index is 0.0193. The average molecular weight is 287 g/mol. The Hall–Kier alpha value is -2.57. The zero-order valence-corrected chi connectivity index (χ0v) is 11.8. The summed E-state index contributed by atoms with van der Waals surface area (Å²) in [5, 5.41) is 7.36. The molecule has 3 N–H and O–H groups in total. The molecular weight excluding hydrogens is 270 g/mol. The number of anilines is 1. The van der Waals surface area contributed by atoms with Crippen molar-refractivity contribution in [3.05, 3.63) is 23.9 Å². The first-order chi connectivity index (χ1) is 10.1. The molecule has 0 radical (unpaired) electrons. The van der Waals surface area contributed by atoms with Gasteiger partial charge < -0.3 is 10.6 Å². The number of hydrogen-bond acceptors (Lipinski definition) is 3. The number of primary amides is 1. The molecule has 110 valence electrons. The second-order valence-corrected chi connectivity index (χ2v) is 5.09. The molecule has 1 aliphatic heterocycles. The molecule has 1 saturated heterocycles. The van der Waals surface area contributed by atoms with Crippen LogP contribution in [0.25, 0.3) is 10.9 Å². The summed E-state index contributed by atoms with van der Waals surface area (Å²) in [6.45, 7) is 4.23. The van der Waals surface area contributed by atoms with Gasteiger partial charge in [-0.25, -0.2) is 4.79 Å². The number of fused-ring (bicyclic) bond motifs is 1. The Bertz CT molecular complexity index is 708. The van der Waals surface area contributed by atoms with Gasteiger partial charge in [0.15, 0.2) is 5.69 Å². The van der Waals surface area contributed by atoms with E-state index in [1.54, 1.807) is 11.0 Å². The van der Waals surface area contributed by atoms with Crippen LogP contribution in [0.5, 0.6) is 0 Å². The average Bonchev–Trinajstić information content (AvgIpc) is 3.03. The SMILES string of the molecule is CCCN1CCN(c2ccc3c(C(N)=O)n[nH]c3c2)C1=O. The largest absolute Gasteiger partial charge is 0.364 e. The molecule has 3 amide bonds. The van der Waals surface area contributed by atoms with Crippen molar-refractivity contribution in [2.45, 2.75) is 13.3 Å². The van der Waals surface area contributed by atoms with Crippen LogP contribution in [-0.2, 0) is 0 Å². The number of rotatable bonds is 4. The predicted molar refractivity (Wildman–Crippen MR) is 79.2 cm³/mol. The summed E-state index contributed by atoms with van der Waals surface area (Å²) in [4.78, 5) is 27.1. The Morgan fingerprint density at radius 3 is 2.95 bits per heavy atom. The molecule has 1 fully saturated rings. The van der Waals surface area contributed by atoms with Crippen LogP contribution in [0.3, 0.4) is 0 Å². The van der Waals surface area contributed by atoms with E-state index in [1.807, 2.05) is 17.0 Å². The maximum absolute atomic E-state index is 12.3. The van der Waals surface area contributed by atoms with E-state index >= 15 is 0 Å². The van der Waals surface area contributed by atoms with Gasteiger partial charge in [0.25, 0.3) is 5.91 Å². The Balaban J connectivity index is 1.92. The number of nitrogens with one attached hydrogen (secondary N) is 1. The van der Waals surface area contributed by atoms with Gasteiger partial charge in [-0.15, -0.1) is 0 Å². The number of nitrogens with two attached hydrogens (primary N) is 1. The standard InChI is InChI=1S/C14H17N5O2/c1-2-5-18-6-7-19(14(18)21)9-3-4-10-11(8-9)16-17-12(10)13(15)20/h3-4,8H,2,5-7H2,1H3,(H2,15,20)(H,16,17). The zero-order chi connectivity index (χ0) is 15.0. The molecule has 0 atom stereocenters. The van der Waals surface area contributed by atoms with Gasteiger partial charge in [-0.2, -0.15) is 5.10 Å². The lowest BCUT2D eigenvalue weighted by Gasteiger charge is -2.18. The molecular formula is C14H17N5O2. The molecule has 3 rings (SSSR count). The summed E-state index contributed by atoms with van der Waals surface area (Å²) in [6, 6.07) is 5.43. The summed E-state index contributed by atoms with van der Waals surface area (Å²) in [7, 11) is 0. The van der Waals surface area contributed by atoms with Crippen LogP contribution < -0.4 is 10.6 Å². The lowest BCUT2D eigenvalue weighted by Crippen LogP contribution is -2.32. The molecule has 0 bridgehead atoms. The molecule has 21 heavy (non-hydrogen) atoms. The number of benzene rings is 1. The van der Waals surface area contributed by atoms with Crippen molar-refractivity contribution < 1.29 is 9.59 Å². The van der Waals surface area contributed by atoms with E-state index in [-0.39, 0.29) is 11.7 Å². The first-order valence-electron chi connectivity index (χ1n) is 6.96. The number of aromatic nitrogens is 2. The monoisotopic (exact) mass is 287 g/mol. The van der Waals surface area contributed by atoms with E-state index in [9.17, 15) is 9.59 Å². The molecule has 1 aromatic heterocycles. The first kappa shape index (κ1) is 13.4. The second-order valence-electron chi connectivity index (χ2n) is 5.09. The zero-order valence-electron chi connectivity index (χ0n) is 11.8. The Morgan fingerprint density at radius 1 is 1.43 bits per heavy atom. The highest BCUT2D eigenvalue weighted by atomic mass is 16.2. The Morgan fingerprint density at radius 2 is 2.24 bits per heavy atom. The molecule has 2 aromatic rings. The Labute approximate surface area is 121 Å². The number of aromatic amines is 1. The number of urea groups is 1. The van der Waals surface area contributed by atoms with Gasteiger partial charge in [-0.1, -0.05) is 6.92 Å². The number of hydrogen-bond donors (Lipinski definition) is 2. The third-order valence-corrected chi connectivity index (χ3v) is 3.68. The van der Waals surface area contributed by atoms with Gasteiger partial charge >= 0.3 is 6.03 Å². The van der Waals surface area contributed by atoms with Crippen LogP contribution in [0.2, 0.25) is 0 Å². The van der Waals surface area contributed by atoms with Crippen LogP contribution >= 0.6 is 0 Å². The van der Waals surface area contributed by atoms with E-state index in [0.29, 0.717) is 17.4 Å². The van der Waals surface area contributed by atoms with Gasteiger partial charge in [0.05, 0.1) is 5.52 Å². The van der Waals surface area contributed by atoms with Gasteiger partial charge in [-0.05, 0) is 24.6 Å². The van der Waals surface area contributed by atoms with Crippen molar-refractivity contribution in [1.29, 1.82) is 0 Å². The number of carbonyl (C=O) groups is 2. The minimum Gasteiger partial charge on any atom is -0.364 e. The molecule has 7 heteroatoms. The highest BCUT2D eigenvalue weighted by Gasteiger charge is 2.29. The van der Waals surface area contributed by atoms with Crippen LogP contribution in [0.4, 0.5) is 10.5 Å². The highest BCUT2D eigenvalue weighted by Crippen LogP contribution is 2.25. The van der Waals surface area contributed by atoms with Gasteiger partial charge in [0.1, 0.15) is 0 Å². The van der Waals surface area contributed by atoms with Gasteiger partial charge in [0.2, 0.25) is 0 Å². The van der Waals surface area contributed by atoms with Crippen LogP contribution in [0, 0.1) is 0 Å². The van der Waals surface area contributed by atoms with E-state index < -0.39 is 5.91 Å². The summed E-state index contributed by atoms with van der Waals surface area (Å²) in [6.07, 6.45) is 0.946. The third-order valence-electron chi connectivity index (χ3n) is 3.68. The van der Waals surface area contributed by atoms with E-state index in [4.69, 9.17) is 5.73 Å². The number of nitrogens with zero attached hydrogens (tertiary/aromatic N) is 3. The van der Waals surface area contributed by atoms with E-state index in [0.717, 1.165) is 25.2 Å². The smallest absolute Gasteiger partial charge is 0.324 e. The van der Waals surface area contributed by atoms with Crippen LogP contribution in [0.1, 0.15) is 23.8 Å². The summed E-state index contributed by atoms with van der Waals surface area (Å²) >= 11 is 0. The fourth-order valence-corrected chi connectivity index (χ4v) is 2.66. The van der Waals surface area contributed by atoms with E-state index in [2.05, 4.69) is 17.1 Å². The van der Waals surface area contributed by atoms with Gasteiger partial charge in [-0.3, -0.25) is 14.8 Å². The molecule has 1 aromatic carbocycles.